The molecule has 0 amide bonds. The van der Waals surface area contributed by atoms with Crippen molar-refractivity contribution in [2.45, 2.75) is 6.92 Å². The molecule has 0 spiro atoms. The summed E-state index contributed by atoms with van der Waals surface area (Å²) in [7, 11) is 1.44. The lowest BCUT2D eigenvalue weighted by Gasteiger charge is -1.99. The first-order valence-electron chi connectivity index (χ1n) is 4.69. The minimum absolute atomic E-state index is 0.133. The zero-order valence-corrected chi connectivity index (χ0v) is 9.04. The molecule has 0 bridgehead atoms. The van der Waals surface area contributed by atoms with Crippen molar-refractivity contribution in [2.75, 3.05) is 13.7 Å². The molecule has 0 unspecified atom stereocenters. The summed E-state index contributed by atoms with van der Waals surface area (Å²) in [5.41, 5.74) is 0.133. The maximum atomic E-state index is 13.3. The Morgan fingerprint density at radius 3 is 2.81 bits per heavy atom. The van der Waals surface area contributed by atoms with Gasteiger partial charge in [-0.15, -0.1) is 0 Å². The Morgan fingerprint density at radius 1 is 1.50 bits per heavy atom. The summed E-state index contributed by atoms with van der Waals surface area (Å²) in [6.07, 6.45) is 0. The lowest BCUT2D eigenvalue weighted by atomic mass is 10.2. The SMILES string of the molecule is CCOC(=O)C#Cc1ccc(OC)cc1F. The fourth-order valence-electron chi connectivity index (χ4n) is 1.01. The number of hydrogen-bond acceptors (Lipinski definition) is 3. The van der Waals surface area contributed by atoms with E-state index in [0.717, 1.165) is 0 Å². The van der Waals surface area contributed by atoms with E-state index in [0.29, 0.717) is 5.75 Å². The number of halogens is 1. The monoisotopic (exact) mass is 222 g/mol. The number of ether oxygens (including phenoxy) is 2. The molecule has 1 aromatic carbocycles. The third kappa shape index (κ3) is 3.28. The van der Waals surface area contributed by atoms with Gasteiger partial charge >= 0.3 is 5.97 Å². The van der Waals surface area contributed by atoms with Crippen LogP contribution >= 0.6 is 0 Å². The predicted molar refractivity (Wildman–Crippen MR) is 56.5 cm³/mol. The quantitative estimate of drug-likeness (QED) is 0.565. The van der Waals surface area contributed by atoms with Gasteiger partial charge in [0.2, 0.25) is 0 Å². The van der Waals surface area contributed by atoms with Gasteiger partial charge in [0.05, 0.1) is 19.3 Å². The van der Waals surface area contributed by atoms with Crippen molar-refractivity contribution in [3.8, 4) is 17.6 Å². The summed E-state index contributed by atoms with van der Waals surface area (Å²) in [6.45, 7) is 1.92. The molecular formula is C12H11FO3. The number of esters is 1. The molecule has 0 heterocycles. The van der Waals surface area contributed by atoms with Crippen molar-refractivity contribution in [1.29, 1.82) is 0 Å². The van der Waals surface area contributed by atoms with Gasteiger partial charge in [0.15, 0.2) is 0 Å². The number of carbonyl (C=O) groups excluding carboxylic acids is 1. The molecule has 0 saturated heterocycles. The lowest BCUT2D eigenvalue weighted by Crippen LogP contribution is -1.99. The smallest absolute Gasteiger partial charge is 0.384 e. The van der Waals surface area contributed by atoms with E-state index in [4.69, 9.17) is 4.74 Å². The highest BCUT2D eigenvalue weighted by atomic mass is 19.1. The number of methoxy groups -OCH3 is 1. The molecule has 0 saturated carbocycles. The number of rotatable bonds is 2. The van der Waals surface area contributed by atoms with Crippen molar-refractivity contribution < 1.29 is 18.7 Å². The molecule has 84 valence electrons. The molecular weight excluding hydrogens is 211 g/mol. The minimum Gasteiger partial charge on any atom is -0.497 e. The molecule has 4 heteroatoms. The van der Waals surface area contributed by atoms with Gasteiger partial charge in [-0.3, -0.25) is 0 Å². The van der Waals surface area contributed by atoms with Crippen molar-refractivity contribution in [3.63, 3.8) is 0 Å². The number of benzene rings is 1. The molecule has 16 heavy (non-hydrogen) atoms. The van der Waals surface area contributed by atoms with Gasteiger partial charge in [-0.1, -0.05) is 5.92 Å². The Morgan fingerprint density at radius 2 is 2.25 bits per heavy atom. The van der Waals surface area contributed by atoms with Gasteiger partial charge in [-0.05, 0) is 19.1 Å². The average Bonchev–Trinajstić information content (AvgIpc) is 2.27. The Balaban J connectivity index is 2.85. The Hall–Kier alpha value is -2.02. The van der Waals surface area contributed by atoms with Crippen LogP contribution in [0.15, 0.2) is 18.2 Å². The first-order valence-corrected chi connectivity index (χ1v) is 4.69. The predicted octanol–water partition coefficient (Wildman–Crippen LogP) is 1.75. The zero-order valence-electron chi connectivity index (χ0n) is 9.04. The van der Waals surface area contributed by atoms with Gasteiger partial charge in [-0.2, -0.15) is 0 Å². The van der Waals surface area contributed by atoms with Gasteiger partial charge in [-0.25, -0.2) is 9.18 Å². The van der Waals surface area contributed by atoms with Crippen LogP contribution in [0.25, 0.3) is 0 Å². The lowest BCUT2D eigenvalue weighted by molar-refractivity contribution is -0.136. The molecule has 3 nitrogen and oxygen atoms in total. The molecule has 0 aliphatic carbocycles. The maximum absolute atomic E-state index is 13.3. The Bertz CT molecular complexity index is 443. The van der Waals surface area contributed by atoms with Crippen molar-refractivity contribution in [1.82, 2.24) is 0 Å². The van der Waals surface area contributed by atoms with Gasteiger partial charge in [0.25, 0.3) is 0 Å². The molecule has 0 aromatic heterocycles. The molecule has 0 radical (unpaired) electrons. The molecule has 1 rings (SSSR count). The van der Waals surface area contributed by atoms with Crippen molar-refractivity contribution in [2.24, 2.45) is 0 Å². The highest BCUT2D eigenvalue weighted by Crippen LogP contribution is 2.15. The van der Waals surface area contributed by atoms with E-state index in [1.54, 1.807) is 13.0 Å². The van der Waals surface area contributed by atoms with E-state index in [2.05, 4.69) is 16.6 Å². The molecule has 0 aliphatic heterocycles. The summed E-state index contributed by atoms with van der Waals surface area (Å²) in [6, 6.07) is 4.22. The largest absolute Gasteiger partial charge is 0.497 e. The van der Waals surface area contributed by atoms with Crippen LogP contribution in [0.3, 0.4) is 0 Å². The highest BCUT2D eigenvalue weighted by Gasteiger charge is 2.01. The standard InChI is InChI=1S/C12H11FO3/c1-3-16-12(14)7-5-9-4-6-10(15-2)8-11(9)13/h4,6,8H,3H2,1-2H3. The summed E-state index contributed by atoms with van der Waals surface area (Å²) in [5, 5.41) is 0. The average molecular weight is 222 g/mol. The van der Waals surface area contributed by atoms with E-state index in [1.165, 1.54) is 19.2 Å². The first-order chi connectivity index (χ1) is 7.67. The second-order valence-corrected chi connectivity index (χ2v) is 2.82. The molecule has 1 aromatic rings. The van der Waals surface area contributed by atoms with E-state index < -0.39 is 11.8 Å². The van der Waals surface area contributed by atoms with Crippen LogP contribution in [-0.2, 0) is 9.53 Å². The number of hydrogen-bond donors (Lipinski definition) is 0. The summed E-state index contributed by atoms with van der Waals surface area (Å²) < 4.78 is 22.8. The normalized spacial score (nSPS) is 8.94. The minimum atomic E-state index is -0.669. The van der Waals surface area contributed by atoms with E-state index in [1.807, 2.05) is 0 Å². The summed E-state index contributed by atoms with van der Waals surface area (Å²) in [4.78, 5) is 10.9. The zero-order chi connectivity index (χ0) is 12.0. The van der Waals surface area contributed by atoms with Gasteiger partial charge in [0.1, 0.15) is 11.6 Å². The van der Waals surface area contributed by atoms with Gasteiger partial charge in [0, 0.05) is 12.0 Å². The van der Waals surface area contributed by atoms with E-state index >= 15 is 0 Å². The second kappa shape index (κ2) is 5.76. The Kier molecular flexibility index (Phi) is 4.34. The second-order valence-electron chi connectivity index (χ2n) is 2.82. The summed E-state index contributed by atoms with van der Waals surface area (Å²) >= 11 is 0. The first kappa shape index (κ1) is 12.1. The maximum Gasteiger partial charge on any atom is 0.384 e. The van der Waals surface area contributed by atoms with Crippen LogP contribution in [0.5, 0.6) is 5.75 Å². The topological polar surface area (TPSA) is 35.5 Å². The fraction of sp³-hybridized carbons (Fsp3) is 0.250. The van der Waals surface area contributed by atoms with Crippen LogP contribution in [0, 0.1) is 17.7 Å². The Labute approximate surface area is 93.2 Å². The number of carbonyl (C=O) groups is 1. The third-order valence-corrected chi connectivity index (χ3v) is 1.75. The molecule has 0 fully saturated rings. The molecule has 0 atom stereocenters. The molecule has 0 N–H and O–H groups in total. The van der Waals surface area contributed by atoms with Crippen LogP contribution in [0.1, 0.15) is 12.5 Å². The fourth-order valence-corrected chi connectivity index (χ4v) is 1.01. The van der Waals surface area contributed by atoms with Crippen LogP contribution in [0.4, 0.5) is 4.39 Å². The van der Waals surface area contributed by atoms with E-state index in [-0.39, 0.29) is 12.2 Å². The van der Waals surface area contributed by atoms with Crippen LogP contribution < -0.4 is 4.74 Å². The van der Waals surface area contributed by atoms with E-state index in [9.17, 15) is 9.18 Å². The molecule has 0 aliphatic rings. The van der Waals surface area contributed by atoms with Crippen LogP contribution in [0.2, 0.25) is 0 Å². The van der Waals surface area contributed by atoms with Crippen molar-refractivity contribution in [3.05, 3.63) is 29.6 Å². The summed E-state index contributed by atoms with van der Waals surface area (Å²) in [5.74, 6) is 3.78. The third-order valence-electron chi connectivity index (χ3n) is 1.75. The van der Waals surface area contributed by atoms with Crippen molar-refractivity contribution >= 4 is 5.97 Å². The highest BCUT2D eigenvalue weighted by molar-refractivity contribution is 5.89. The van der Waals surface area contributed by atoms with Crippen LogP contribution in [-0.4, -0.2) is 19.7 Å². The van der Waals surface area contributed by atoms with Gasteiger partial charge < -0.3 is 9.47 Å².